The van der Waals surface area contributed by atoms with E-state index in [4.69, 9.17) is 0 Å². The van der Waals surface area contributed by atoms with Crippen molar-refractivity contribution in [2.75, 3.05) is 4.90 Å². The Balaban J connectivity index is 1.81. The maximum Gasteiger partial charge on any atom is 0.0719 e. The lowest BCUT2D eigenvalue weighted by Crippen LogP contribution is -2.11. The minimum absolute atomic E-state index is 1.13. The number of nitrogens with zero attached hydrogens (tertiary/aromatic N) is 1. The number of anilines is 2. The van der Waals surface area contributed by atoms with Gasteiger partial charge in [-0.05, 0) is 47.4 Å². The van der Waals surface area contributed by atoms with Crippen LogP contribution in [0.3, 0.4) is 0 Å². The molecule has 128 valence electrons. The molecular formula is C24H14BrNS. The van der Waals surface area contributed by atoms with Crippen molar-refractivity contribution in [1.82, 2.24) is 0 Å². The summed E-state index contributed by atoms with van der Waals surface area (Å²) in [5, 5.41) is 5.28. The Morgan fingerprint density at radius 1 is 0.815 bits per heavy atom. The second kappa shape index (κ2) is 5.69. The van der Waals surface area contributed by atoms with Crippen molar-refractivity contribution in [2.45, 2.75) is 0 Å². The fourth-order valence-electron chi connectivity index (χ4n) is 4.06. The first-order valence-corrected chi connectivity index (χ1v) is 10.5. The van der Waals surface area contributed by atoms with Crippen molar-refractivity contribution >= 4 is 75.7 Å². The van der Waals surface area contributed by atoms with Gasteiger partial charge in [-0.1, -0.05) is 58.4 Å². The van der Waals surface area contributed by atoms with E-state index in [1.165, 1.54) is 47.9 Å². The standard InChI is InChI=1S/C24H14BrNS/c25-17-9-10-19-20-13-16-6-4-5-15-11-12-26(18-7-2-1-3-8-18)23(22(15)16)24(20)27-21(19)14-17/h1-14H. The van der Waals surface area contributed by atoms with Crippen molar-refractivity contribution in [3.63, 3.8) is 0 Å². The highest BCUT2D eigenvalue weighted by atomic mass is 79.9. The van der Waals surface area contributed by atoms with Crippen molar-refractivity contribution in [2.24, 2.45) is 0 Å². The smallest absolute Gasteiger partial charge is 0.0719 e. The number of thiophene rings is 1. The Labute approximate surface area is 169 Å². The number of para-hydroxylation sites is 1. The summed E-state index contributed by atoms with van der Waals surface area (Å²) in [5.41, 5.74) is 3.77. The molecule has 5 aromatic rings. The molecule has 1 aromatic heterocycles. The third-order valence-electron chi connectivity index (χ3n) is 5.25. The molecule has 0 N–H and O–H groups in total. The minimum atomic E-state index is 1.13. The molecule has 1 aliphatic rings. The van der Waals surface area contributed by atoms with Crippen LogP contribution in [0.5, 0.6) is 0 Å². The summed E-state index contributed by atoms with van der Waals surface area (Å²) < 4.78 is 3.78. The van der Waals surface area contributed by atoms with E-state index in [1.807, 2.05) is 11.3 Å². The quantitative estimate of drug-likeness (QED) is 0.261. The van der Waals surface area contributed by atoms with Crippen molar-refractivity contribution in [1.29, 1.82) is 0 Å². The lowest BCUT2D eigenvalue weighted by molar-refractivity contribution is 1.31. The first-order chi connectivity index (χ1) is 13.3. The molecule has 1 aliphatic heterocycles. The average molecular weight is 428 g/mol. The molecule has 0 radical (unpaired) electrons. The van der Waals surface area contributed by atoms with Crippen LogP contribution in [0.4, 0.5) is 11.4 Å². The molecule has 3 heteroatoms. The van der Waals surface area contributed by atoms with Gasteiger partial charge in [-0.3, -0.25) is 0 Å². The van der Waals surface area contributed by atoms with Gasteiger partial charge in [-0.15, -0.1) is 11.3 Å². The van der Waals surface area contributed by atoms with E-state index in [-0.39, 0.29) is 0 Å². The van der Waals surface area contributed by atoms with Crippen LogP contribution in [0, 0.1) is 0 Å². The maximum atomic E-state index is 3.63. The molecule has 1 nitrogen and oxygen atoms in total. The normalized spacial score (nSPS) is 13.1. The van der Waals surface area contributed by atoms with E-state index in [9.17, 15) is 0 Å². The summed E-state index contributed by atoms with van der Waals surface area (Å²) in [6.45, 7) is 0. The molecule has 4 aromatic carbocycles. The van der Waals surface area contributed by atoms with Gasteiger partial charge in [0.25, 0.3) is 0 Å². The summed E-state index contributed by atoms with van der Waals surface area (Å²) in [6, 6.07) is 26.1. The van der Waals surface area contributed by atoms with Gasteiger partial charge < -0.3 is 4.90 Å². The topological polar surface area (TPSA) is 3.24 Å². The van der Waals surface area contributed by atoms with Crippen LogP contribution in [0.1, 0.15) is 5.56 Å². The van der Waals surface area contributed by atoms with Crippen LogP contribution in [0.15, 0.2) is 83.5 Å². The largest absolute Gasteiger partial charge is 0.315 e. The highest BCUT2D eigenvalue weighted by Crippen LogP contribution is 2.49. The van der Waals surface area contributed by atoms with E-state index < -0.39 is 0 Å². The molecule has 0 amide bonds. The Morgan fingerprint density at radius 3 is 2.59 bits per heavy atom. The fraction of sp³-hybridized carbons (Fsp3) is 0. The number of hydrogen-bond acceptors (Lipinski definition) is 2. The monoisotopic (exact) mass is 427 g/mol. The molecule has 0 fully saturated rings. The highest BCUT2D eigenvalue weighted by Gasteiger charge is 2.22. The molecule has 0 bridgehead atoms. The zero-order valence-electron chi connectivity index (χ0n) is 14.3. The maximum absolute atomic E-state index is 3.63. The van der Waals surface area contributed by atoms with E-state index in [1.54, 1.807) is 0 Å². The van der Waals surface area contributed by atoms with E-state index in [0.717, 1.165) is 4.47 Å². The Kier molecular flexibility index (Phi) is 3.25. The highest BCUT2D eigenvalue weighted by molar-refractivity contribution is 9.10. The van der Waals surface area contributed by atoms with Crippen LogP contribution in [-0.2, 0) is 0 Å². The molecule has 0 spiro atoms. The molecule has 0 aliphatic carbocycles. The zero-order chi connectivity index (χ0) is 18.0. The van der Waals surface area contributed by atoms with Gasteiger partial charge in [0.1, 0.15) is 0 Å². The van der Waals surface area contributed by atoms with Crippen LogP contribution in [-0.4, -0.2) is 0 Å². The number of hydrogen-bond donors (Lipinski definition) is 0. The van der Waals surface area contributed by atoms with E-state index in [2.05, 4.69) is 106 Å². The number of halogens is 1. The van der Waals surface area contributed by atoms with Crippen LogP contribution in [0.25, 0.3) is 37.0 Å². The Hall–Kier alpha value is -2.62. The van der Waals surface area contributed by atoms with Gasteiger partial charge in [-0.2, -0.15) is 0 Å². The predicted molar refractivity (Wildman–Crippen MR) is 122 cm³/mol. The first-order valence-electron chi connectivity index (χ1n) is 8.89. The molecule has 2 heterocycles. The zero-order valence-corrected chi connectivity index (χ0v) is 16.7. The summed E-state index contributed by atoms with van der Waals surface area (Å²) >= 11 is 5.50. The number of benzene rings is 4. The van der Waals surface area contributed by atoms with Crippen molar-refractivity contribution in [3.05, 3.63) is 89.0 Å². The molecule has 0 unspecified atom stereocenters. The van der Waals surface area contributed by atoms with Gasteiger partial charge in [0.15, 0.2) is 0 Å². The molecule has 6 rings (SSSR count). The molecule has 0 saturated carbocycles. The van der Waals surface area contributed by atoms with E-state index >= 15 is 0 Å². The summed E-state index contributed by atoms with van der Waals surface area (Å²) in [4.78, 5) is 2.34. The minimum Gasteiger partial charge on any atom is -0.315 e. The average Bonchev–Trinajstić information content (AvgIpc) is 3.06. The van der Waals surface area contributed by atoms with Gasteiger partial charge in [0.2, 0.25) is 0 Å². The van der Waals surface area contributed by atoms with Crippen molar-refractivity contribution < 1.29 is 0 Å². The second-order valence-corrected chi connectivity index (χ2v) is 8.78. The number of rotatable bonds is 1. The molecular weight excluding hydrogens is 414 g/mol. The lowest BCUT2D eigenvalue weighted by Gasteiger charge is -2.27. The third-order valence-corrected chi connectivity index (χ3v) is 6.92. The van der Waals surface area contributed by atoms with Crippen LogP contribution in [0.2, 0.25) is 0 Å². The Bertz CT molecular complexity index is 1380. The second-order valence-electron chi connectivity index (χ2n) is 6.81. The van der Waals surface area contributed by atoms with Crippen LogP contribution < -0.4 is 4.90 Å². The Morgan fingerprint density at radius 2 is 1.70 bits per heavy atom. The van der Waals surface area contributed by atoms with E-state index in [0.29, 0.717) is 0 Å². The SMILES string of the molecule is Brc1ccc2c(c1)sc1c3c4c(cccc4cc12)C=CN3c1ccccc1. The fourth-order valence-corrected chi connectivity index (χ4v) is 5.85. The summed E-state index contributed by atoms with van der Waals surface area (Å²) in [7, 11) is 0. The van der Waals surface area contributed by atoms with Gasteiger partial charge >= 0.3 is 0 Å². The first kappa shape index (κ1) is 15.4. The summed E-state index contributed by atoms with van der Waals surface area (Å²) in [5.74, 6) is 0. The van der Waals surface area contributed by atoms with Gasteiger partial charge in [-0.25, -0.2) is 0 Å². The van der Waals surface area contributed by atoms with Crippen molar-refractivity contribution in [3.8, 4) is 0 Å². The molecule has 27 heavy (non-hydrogen) atoms. The lowest BCUT2D eigenvalue weighted by atomic mass is 9.97. The van der Waals surface area contributed by atoms with Gasteiger partial charge in [0.05, 0.1) is 10.4 Å². The molecule has 0 atom stereocenters. The third kappa shape index (κ3) is 2.22. The number of fused-ring (bicyclic) bond motifs is 4. The predicted octanol–water partition coefficient (Wildman–Crippen LogP) is 8.09. The van der Waals surface area contributed by atoms with Crippen LogP contribution >= 0.6 is 27.3 Å². The summed E-state index contributed by atoms with van der Waals surface area (Å²) in [6.07, 6.45) is 4.42. The van der Waals surface area contributed by atoms with Gasteiger partial charge in [0, 0.05) is 37.2 Å². The molecule has 0 saturated heterocycles.